The van der Waals surface area contributed by atoms with Gasteiger partial charge in [-0.2, -0.15) is 0 Å². The Morgan fingerprint density at radius 2 is 1.45 bits per heavy atom. The van der Waals surface area contributed by atoms with Crippen LogP contribution < -0.4 is 10.4 Å². The molecule has 0 amide bonds. The van der Waals surface area contributed by atoms with Crippen LogP contribution >= 0.6 is 11.3 Å². The first kappa shape index (κ1) is 32.8. The van der Waals surface area contributed by atoms with E-state index in [2.05, 4.69) is 142 Å². The Morgan fingerprint density at radius 1 is 0.736 bits per heavy atom. The highest BCUT2D eigenvalue weighted by atomic mass is 32.1. The first-order chi connectivity index (χ1) is 25.7. The summed E-state index contributed by atoms with van der Waals surface area (Å²) in [5, 5.41) is 6.90. The van der Waals surface area contributed by atoms with Crippen LogP contribution in [-0.4, -0.2) is 14.5 Å². The molecule has 9 rings (SSSR count). The monoisotopic (exact) mass is 701 g/mol. The molecule has 3 nitrogen and oxygen atoms in total. The summed E-state index contributed by atoms with van der Waals surface area (Å²) in [6.45, 7) is 17.4. The smallest absolute Gasteiger partial charge is 0.160 e. The van der Waals surface area contributed by atoms with Gasteiger partial charge in [-0.05, 0) is 76.9 Å². The van der Waals surface area contributed by atoms with Crippen molar-refractivity contribution in [1.29, 1.82) is 0 Å². The quantitative estimate of drug-likeness (QED) is 0.171. The van der Waals surface area contributed by atoms with Gasteiger partial charge in [0.15, 0.2) is 5.82 Å². The van der Waals surface area contributed by atoms with Crippen LogP contribution in [0, 0.1) is 0 Å². The number of aromatic nitrogens is 3. The summed E-state index contributed by atoms with van der Waals surface area (Å²) >= 11 is 1.88. The van der Waals surface area contributed by atoms with E-state index in [0.717, 1.165) is 49.3 Å². The fourth-order valence-corrected chi connectivity index (χ4v) is 9.30. The summed E-state index contributed by atoms with van der Waals surface area (Å²) in [7, 11) is 0. The molecule has 4 heterocycles. The maximum atomic E-state index is 5.36. The van der Waals surface area contributed by atoms with Gasteiger partial charge in [0.1, 0.15) is 4.83 Å². The van der Waals surface area contributed by atoms with Crippen LogP contribution in [-0.2, 0) is 5.41 Å². The van der Waals surface area contributed by atoms with Gasteiger partial charge in [-0.15, -0.1) is 11.3 Å². The second-order valence-electron chi connectivity index (χ2n) is 14.4. The number of benzene rings is 4. The first-order valence-corrected chi connectivity index (χ1v) is 18.9. The molecule has 53 heavy (non-hydrogen) atoms. The predicted octanol–water partition coefficient (Wildman–Crippen LogP) is 11.7. The molecule has 8 aromatic rings. The summed E-state index contributed by atoms with van der Waals surface area (Å²) < 4.78 is 3.83. The molecule has 0 bridgehead atoms. The number of allylic oxidation sites excluding steroid dienone is 4. The molecule has 0 saturated heterocycles. The summed E-state index contributed by atoms with van der Waals surface area (Å²) in [6, 6.07) is 45.1. The zero-order valence-corrected chi connectivity index (χ0v) is 31.3. The molecule has 0 aliphatic carbocycles. The fourth-order valence-electron chi connectivity index (χ4n) is 8.07. The lowest BCUT2D eigenvalue weighted by atomic mass is 9.74. The van der Waals surface area contributed by atoms with E-state index in [-0.39, 0.29) is 5.41 Å². The molecule has 0 fully saturated rings. The van der Waals surface area contributed by atoms with E-state index >= 15 is 0 Å². The minimum atomic E-state index is -0.228. The standard InChI is InChI=1S/C49H39N3S/c1-7-33(28-32(4)35-21-14-17-30(2)16-8-9-18-31(35)3)47-50-41-24-12-10-19-36(41)45(51-47)34-26-27-42-40(29-34)49(5,6)39-23-15-22-38-44-37-20-11-13-25-43(37)53-48(44)52(42)46(38)39/h7-29H,2-3H2,1,4-6H3/b16-8?,17-14?,18-9?,32-28+,33-7+,35-21?. The average molecular weight is 702 g/mol. The second-order valence-corrected chi connectivity index (χ2v) is 15.4. The lowest BCUT2D eigenvalue weighted by molar-refractivity contribution is 0.630. The Balaban J connectivity index is 1.23. The molecule has 1 aliphatic heterocycles. The topological polar surface area (TPSA) is 30.7 Å². The van der Waals surface area contributed by atoms with Crippen LogP contribution in [0.1, 0.15) is 50.2 Å². The van der Waals surface area contributed by atoms with E-state index in [1.807, 2.05) is 54.7 Å². The van der Waals surface area contributed by atoms with Crippen molar-refractivity contribution in [3.05, 3.63) is 172 Å². The third-order valence-corrected chi connectivity index (χ3v) is 11.9. The van der Waals surface area contributed by atoms with E-state index in [4.69, 9.17) is 9.97 Å². The van der Waals surface area contributed by atoms with Crippen LogP contribution in [0.5, 0.6) is 0 Å². The van der Waals surface area contributed by atoms with Crippen molar-refractivity contribution in [1.82, 2.24) is 14.5 Å². The number of fused-ring (bicyclic) bond motifs is 8. The highest BCUT2D eigenvalue weighted by Gasteiger charge is 2.36. The van der Waals surface area contributed by atoms with Crippen LogP contribution in [0.25, 0.3) is 83.4 Å². The Hall–Kier alpha value is -6.10. The van der Waals surface area contributed by atoms with Gasteiger partial charge in [-0.25, -0.2) is 9.97 Å². The highest BCUT2D eigenvalue weighted by Crippen LogP contribution is 2.51. The van der Waals surface area contributed by atoms with Crippen molar-refractivity contribution in [3.63, 3.8) is 0 Å². The lowest BCUT2D eigenvalue weighted by Crippen LogP contribution is -2.26. The summed E-state index contributed by atoms with van der Waals surface area (Å²) in [5.41, 5.74) is 11.0. The van der Waals surface area contributed by atoms with Crippen molar-refractivity contribution in [2.75, 3.05) is 0 Å². The first-order valence-electron chi connectivity index (χ1n) is 18.1. The maximum Gasteiger partial charge on any atom is 0.160 e. The normalized spacial score (nSPS) is 13.8. The molecular formula is C49H39N3S. The molecule has 5 aromatic carbocycles. The molecule has 4 heteroatoms. The van der Waals surface area contributed by atoms with Gasteiger partial charge in [-0.3, -0.25) is 0 Å². The minimum Gasteiger partial charge on any atom is -0.300 e. The van der Waals surface area contributed by atoms with Gasteiger partial charge in [0.05, 0.1) is 22.4 Å². The predicted molar refractivity (Wildman–Crippen MR) is 228 cm³/mol. The molecule has 0 unspecified atom stereocenters. The fraction of sp³-hybridized carbons (Fsp3) is 0.102. The van der Waals surface area contributed by atoms with Gasteiger partial charge in [0.25, 0.3) is 0 Å². The molecule has 0 N–H and O–H groups in total. The molecule has 1 aliphatic rings. The number of rotatable bonds is 4. The van der Waals surface area contributed by atoms with E-state index in [1.165, 1.54) is 48.0 Å². The average Bonchev–Trinajstić information content (AvgIpc) is 3.71. The number of nitrogens with zero attached hydrogens (tertiary/aromatic N) is 3. The largest absolute Gasteiger partial charge is 0.300 e. The van der Waals surface area contributed by atoms with Crippen LogP contribution in [0.2, 0.25) is 0 Å². The van der Waals surface area contributed by atoms with E-state index in [0.29, 0.717) is 5.82 Å². The number of hydrogen-bond acceptors (Lipinski definition) is 3. The Bertz CT molecular complexity index is 3050. The van der Waals surface area contributed by atoms with Gasteiger partial charge in [-0.1, -0.05) is 136 Å². The summed E-state index contributed by atoms with van der Waals surface area (Å²) in [5.74, 6) is 0.690. The van der Waals surface area contributed by atoms with Crippen molar-refractivity contribution >= 4 is 77.7 Å². The number of thiophene rings is 1. The third-order valence-electron chi connectivity index (χ3n) is 10.8. The molecule has 0 saturated carbocycles. The van der Waals surface area contributed by atoms with Gasteiger partial charge >= 0.3 is 0 Å². The number of para-hydroxylation sites is 2. The van der Waals surface area contributed by atoms with Crippen molar-refractivity contribution < 1.29 is 0 Å². The van der Waals surface area contributed by atoms with Crippen molar-refractivity contribution in [3.8, 4) is 16.9 Å². The van der Waals surface area contributed by atoms with E-state index in [1.54, 1.807) is 0 Å². The third kappa shape index (κ3) is 5.24. The Morgan fingerprint density at radius 3 is 2.30 bits per heavy atom. The van der Waals surface area contributed by atoms with E-state index in [9.17, 15) is 0 Å². The van der Waals surface area contributed by atoms with Crippen molar-refractivity contribution in [2.24, 2.45) is 0 Å². The minimum absolute atomic E-state index is 0.228. The maximum absolute atomic E-state index is 5.36. The SMILES string of the molecule is C=c1ccccc(=C)c(/C(C)=C/C(=C\C)c2nc(-c3ccc4c(c3)C(C)(C)c3cccc5c6c7ccccc7sc6n-4c35)c3ccccc3n2)ccc1. The molecular weight excluding hydrogens is 663 g/mol. The summed E-state index contributed by atoms with van der Waals surface area (Å²) in [6.07, 6.45) is 4.26. The lowest BCUT2D eigenvalue weighted by Gasteiger charge is -2.35. The van der Waals surface area contributed by atoms with Gasteiger partial charge in [0.2, 0.25) is 0 Å². The Labute approximate surface area is 313 Å². The summed E-state index contributed by atoms with van der Waals surface area (Å²) in [4.78, 5) is 11.8. The van der Waals surface area contributed by atoms with Crippen LogP contribution in [0.4, 0.5) is 0 Å². The highest BCUT2D eigenvalue weighted by molar-refractivity contribution is 7.25. The molecule has 0 spiro atoms. The van der Waals surface area contributed by atoms with Crippen LogP contribution in [0.15, 0.2) is 140 Å². The second kappa shape index (κ2) is 12.5. The van der Waals surface area contributed by atoms with Crippen molar-refractivity contribution in [2.45, 2.75) is 33.1 Å². The van der Waals surface area contributed by atoms with Gasteiger partial charge in [0, 0.05) is 42.8 Å². The van der Waals surface area contributed by atoms with Crippen LogP contribution in [0.3, 0.4) is 0 Å². The molecule has 0 radical (unpaired) electrons. The molecule has 3 aromatic heterocycles. The molecule has 256 valence electrons. The zero-order chi connectivity index (χ0) is 36.4. The number of hydrogen-bond donors (Lipinski definition) is 0. The van der Waals surface area contributed by atoms with E-state index < -0.39 is 0 Å². The molecule has 0 atom stereocenters. The zero-order valence-electron chi connectivity index (χ0n) is 30.4. The van der Waals surface area contributed by atoms with Gasteiger partial charge < -0.3 is 4.57 Å². The Kier molecular flexibility index (Phi) is 7.76.